The van der Waals surface area contributed by atoms with Crippen LogP contribution in [0.4, 0.5) is 0 Å². The van der Waals surface area contributed by atoms with Gasteiger partial charge in [0.25, 0.3) is 0 Å². The molecule has 3 N–H and O–H groups in total. The average molecular weight is 431 g/mol. The molecule has 0 unspecified atom stereocenters. The van der Waals surface area contributed by atoms with Crippen LogP contribution < -0.4 is 0 Å². The number of hydrogen-bond acceptors (Lipinski definition) is 7. The smallest absolute Gasteiger partial charge is 0.325 e. The van der Waals surface area contributed by atoms with Crippen LogP contribution >= 0.6 is 0 Å². The van der Waals surface area contributed by atoms with Crippen molar-refractivity contribution in [2.24, 2.45) is 0 Å². The van der Waals surface area contributed by atoms with E-state index in [2.05, 4.69) is 10.3 Å². The van der Waals surface area contributed by atoms with Crippen LogP contribution in [0, 0.1) is 0 Å². The van der Waals surface area contributed by atoms with Crippen LogP contribution in [0.5, 0.6) is 11.5 Å². The van der Waals surface area contributed by atoms with E-state index in [0.29, 0.717) is 16.8 Å². The van der Waals surface area contributed by atoms with Crippen molar-refractivity contribution >= 4 is 15.8 Å². The molecule has 0 radical (unpaired) electrons. The summed E-state index contributed by atoms with van der Waals surface area (Å²) in [7, 11) is -3.41. The van der Waals surface area contributed by atoms with E-state index in [-0.39, 0.29) is 33.6 Å². The topological polar surface area (TPSA) is 143 Å². The Balaban J connectivity index is 2.24. The Kier molecular flexibility index (Phi) is 5.53. The molecule has 2 aromatic carbocycles. The molecular weight excluding hydrogens is 410 g/mol. The highest BCUT2D eigenvalue weighted by atomic mass is 32.2. The highest BCUT2D eigenvalue weighted by Crippen LogP contribution is 2.40. The molecule has 0 saturated carbocycles. The van der Waals surface area contributed by atoms with Gasteiger partial charge >= 0.3 is 5.97 Å². The third kappa shape index (κ3) is 4.13. The first kappa shape index (κ1) is 21.3. The molecule has 0 aliphatic rings. The minimum Gasteiger partial charge on any atom is -0.508 e. The fraction of sp³-hybridized carbons (Fsp3) is 0.250. The lowest BCUT2D eigenvalue weighted by atomic mass is 9.96. The quantitative estimate of drug-likeness (QED) is 0.540. The second kappa shape index (κ2) is 7.79. The van der Waals surface area contributed by atoms with Crippen molar-refractivity contribution in [3.05, 3.63) is 42.0 Å². The van der Waals surface area contributed by atoms with Crippen LogP contribution in [-0.2, 0) is 21.2 Å². The first-order chi connectivity index (χ1) is 14.0. The van der Waals surface area contributed by atoms with E-state index in [1.165, 1.54) is 30.3 Å². The molecule has 0 fully saturated rings. The molecule has 0 saturated heterocycles. The van der Waals surface area contributed by atoms with Crippen molar-refractivity contribution in [3.63, 3.8) is 0 Å². The summed E-state index contributed by atoms with van der Waals surface area (Å²) < 4.78 is 24.7. The number of phenols is 2. The van der Waals surface area contributed by atoms with E-state index < -0.39 is 22.4 Å². The van der Waals surface area contributed by atoms with Gasteiger partial charge in [-0.1, -0.05) is 31.2 Å². The summed E-state index contributed by atoms with van der Waals surface area (Å²) in [5.41, 5.74) is 1.84. The number of benzene rings is 2. The number of phenolic OH excluding ortho intramolecular Hbond substituents is 2. The monoisotopic (exact) mass is 431 g/mol. The first-order valence-electron chi connectivity index (χ1n) is 9.01. The molecule has 0 amide bonds. The average Bonchev–Trinajstić information content (AvgIpc) is 3.03. The van der Waals surface area contributed by atoms with E-state index in [1.54, 1.807) is 6.07 Å². The molecule has 0 bridgehead atoms. The van der Waals surface area contributed by atoms with Crippen molar-refractivity contribution in [3.8, 4) is 34.0 Å². The third-order valence-corrected chi connectivity index (χ3v) is 5.73. The van der Waals surface area contributed by atoms with Crippen molar-refractivity contribution in [2.45, 2.75) is 31.2 Å². The molecule has 9 nitrogen and oxygen atoms in total. The van der Waals surface area contributed by atoms with E-state index in [9.17, 15) is 28.5 Å². The highest BCUT2D eigenvalue weighted by Gasteiger charge is 2.23. The minimum atomic E-state index is -3.41. The second-order valence-corrected chi connectivity index (χ2v) is 9.23. The highest BCUT2D eigenvalue weighted by molar-refractivity contribution is 7.90. The van der Waals surface area contributed by atoms with E-state index in [1.807, 2.05) is 13.8 Å². The molecule has 0 spiro atoms. The second-order valence-electron chi connectivity index (χ2n) is 7.22. The van der Waals surface area contributed by atoms with Gasteiger partial charge in [-0.2, -0.15) is 0 Å². The largest absolute Gasteiger partial charge is 0.508 e. The Labute approximate surface area is 173 Å². The van der Waals surface area contributed by atoms with Gasteiger partial charge < -0.3 is 15.3 Å². The Morgan fingerprint density at radius 2 is 1.73 bits per heavy atom. The summed E-state index contributed by atoms with van der Waals surface area (Å²) in [4.78, 5) is 11.4. The SMILES string of the molecule is CC(C)c1cc(-c2nnn(CC(=O)O)c2-c2ccc(S(C)(=O)=O)cc2)c(O)cc1O. The number of aromatic nitrogens is 3. The lowest BCUT2D eigenvalue weighted by Gasteiger charge is -2.13. The fourth-order valence-corrected chi connectivity index (χ4v) is 3.76. The van der Waals surface area contributed by atoms with Crippen LogP contribution in [0.25, 0.3) is 22.5 Å². The zero-order chi connectivity index (χ0) is 22.2. The number of aromatic hydroxyl groups is 2. The Hall–Kier alpha value is -3.40. The fourth-order valence-electron chi connectivity index (χ4n) is 3.13. The molecule has 0 aliphatic heterocycles. The Morgan fingerprint density at radius 1 is 1.10 bits per heavy atom. The molecule has 0 atom stereocenters. The number of aliphatic carboxylic acids is 1. The van der Waals surface area contributed by atoms with Gasteiger partial charge in [-0.05, 0) is 29.7 Å². The van der Waals surface area contributed by atoms with Crippen LogP contribution in [0.3, 0.4) is 0 Å². The summed E-state index contributed by atoms with van der Waals surface area (Å²) in [5.74, 6) is -1.49. The Morgan fingerprint density at radius 3 is 2.27 bits per heavy atom. The number of hydrogen-bond donors (Lipinski definition) is 3. The van der Waals surface area contributed by atoms with Crippen LogP contribution in [0.1, 0.15) is 25.3 Å². The normalized spacial score (nSPS) is 11.7. The predicted molar refractivity (Wildman–Crippen MR) is 109 cm³/mol. The maximum absolute atomic E-state index is 11.7. The minimum absolute atomic E-state index is 0.0455. The van der Waals surface area contributed by atoms with Crippen molar-refractivity contribution in [2.75, 3.05) is 6.26 Å². The number of rotatable bonds is 6. The molecule has 3 rings (SSSR count). The maximum Gasteiger partial charge on any atom is 0.325 e. The van der Waals surface area contributed by atoms with Gasteiger partial charge in [-0.15, -0.1) is 5.10 Å². The standard InChI is InChI=1S/C20H21N3O6S/c1-11(2)14-8-15(17(25)9-16(14)24)19-20(23(22-21-19)10-18(26)27)12-4-6-13(7-5-12)30(3,28)29/h4-9,11,24-25H,10H2,1-3H3,(H,26,27). The van der Waals surface area contributed by atoms with Crippen LogP contribution in [0.2, 0.25) is 0 Å². The maximum atomic E-state index is 11.7. The van der Waals surface area contributed by atoms with E-state index in [0.717, 1.165) is 10.9 Å². The summed E-state index contributed by atoms with van der Waals surface area (Å²) in [6.07, 6.45) is 1.09. The molecule has 1 aromatic heterocycles. The Bertz CT molecular complexity index is 1210. The predicted octanol–water partition coefficient (Wildman–Crippen LogP) is 2.63. The van der Waals surface area contributed by atoms with Crippen molar-refractivity contribution in [1.82, 2.24) is 15.0 Å². The number of sulfone groups is 1. The van der Waals surface area contributed by atoms with Gasteiger partial charge in [-0.25, -0.2) is 13.1 Å². The summed E-state index contributed by atoms with van der Waals surface area (Å²) >= 11 is 0. The van der Waals surface area contributed by atoms with Gasteiger partial charge in [0, 0.05) is 23.4 Å². The molecule has 30 heavy (non-hydrogen) atoms. The van der Waals surface area contributed by atoms with Crippen molar-refractivity contribution in [1.29, 1.82) is 0 Å². The van der Waals surface area contributed by atoms with Gasteiger partial charge in [-0.3, -0.25) is 4.79 Å². The van der Waals surface area contributed by atoms with E-state index >= 15 is 0 Å². The zero-order valence-corrected chi connectivity index (χ0v) is 17.4. The lowest BCUT2D eigenvalue weighted by molar-refractivity contribution is -0.137. The molecule has 1 heterocycles. The first-order valence-corrected chi connectivity index (χ1v) is 10.9. The summed E-state index contributed by atoms with van der Waals surface area (Å²) in [6.45, 7) is 3.27. The molecule has 0 aliphatic carbocycles. The number of carboxylic acid groups (broad SMARTS) is 1. The van der Waals surface area contributed by atoms with Crippen molar-refractivity contribution < 1.29 is 28.5 Å². The summed E-state index contributed by atoms with van der Waals surface area (Å²) in [6, 6.07) is 8.65. The third-order valence-electron chi connectivity index (χ3n) is 4.60. The number of carbonyl (C=O) groups is 1. The summed E-state index contributed by atoms with van der Waals surface area (Å²) in [5, 5.41) is 37.8. The lowest BCUT2D eigenvalue weighted by Crippen LogP contribution is -2.11. The number of carboxylic acids is 1. The van der Waals surface area contributed by atoms with E-state index in [4.69, 9.17) is 0 Å². The van der Waals surface area contributed by atoms with Gasteiger partial charge in [0.15, 0.2) is 9.84 Å². The van der Waals surface area contributed by atoms with Crippen LogP contribution in [0.15, 0.2) is 41.3 Å². The molecule has 10 heteroatoms. The van der Waals surface area contributed by atoms with Gasteiger partial charge in [0.2, 0.25) is 0 Å². The molecule has 158 valence electrons. The van der Waals surface area contributed by atoms with Crippen LogP contribution in [-0.4, -0.2) is 51.0 Å². The molecular formula is C20H21N3O6S. The van der Waals surface area contributed by atoms with Gasteiger partial charge in [0.05, 0.1) is 10.6 Å². The number of nitrogens with zero attached hydrogens (tertiary/aromatic N) is 3. The molecule has 3 aromatic rings. The zero-order valence-electron chi connectivity index (χ0n) is 16.6. The van der Waals surface area contributed by atoms with Gasteiger partial charge in [0.1, 0.15) is 23.7 Å².